The Kier molecular flexibility index (Phi) is 13.1. The number of aliphatic hydroxyl groups excluding tert-OH is 1. The smallest absolute Gasteiger partial charge is 0.313 e. The largest absolute Gasteiger partial charge is 0.461 e. The molecule has 0 radical (unpaired) electrons. The molecule has 0 aliphatic carbocycles. The van der Waals surface area contributed by atoms with Crippen LogP contribution in [0.15, 0.2) is 0 Å². The van der Waals surface area contributed by atoms with Gasteiger partial charge < -0.3 is 9.84 Å². The highest BCUT2D eigenvalue weighted by Crippen LogP contribution is 2.31. The number of carbonyl (C=O) groups is 1. The zero-order chi connectivity index (χ0) is 18.3. The van der Waals surface area contributed by atoms with Crippen LogP contribution < -0.4 is 0 Å². The summed E-state index contributed by atoms with van der Waals surface area (Å²) in [7, 11) is 0. The summed E-state index contributed by atoms with van der Waals surface area (Å²) in [6, 6.07) is 0. The minimum absolute atomic E-state index is 0.0253. The van der Waals surface area contributed by atoms with Crippen molar-refractivity contribution >= 4 is 5.97 Å². The highest BCUT2D eigenvalue weighted by atomic mass is 16.6. The molecule has 3 heteroatoms. The monoisotopic (exact) mass is 354 g/mol. The predicted molar refractivity (Wildman–Crippen MR) is 105 cm³/mol. The minimum Gasteiger partial charge on any atom is -0.461 e. The molecule has 0 aromatic carbocycles. The number of esters is 1. The van der Waals surface area contributed by atoms with E-state index >= 15 is 0 Å². The molecular weight excluding hydrogens is 312 g/mol. The molecule has 1 aliphatic heterocycles. The average Bonchev–Trinajstić information content (AvgIpc) is 2.59. The number of hydrogen-bond donors (Lipinski definition) is 1. The second-order valence-corrected chi connectivity index (χ2v) is 7.94. The number of aliphatic hydroxyl groups is 1. The average molecular weight is 355 g/mol. The fraction of sp³-hybridized carbons (Fsp3) is 0.955. The summed E-state index contributed by atoms with van der Waals surface area (Å²) in [5.41, 5.74) is 0. The standard InChI is InChI=1S/C22H42O3/c1-3-5-7-9-10-11-12-13-14-16-19(23)18-21-20(22(24)25-21)17-15-8-6-4-2/h19-21,23H,3-18H2,1-2H3. The van der Waals surface area contributed by atoms with Crippen LogP contribution >= 0.6 is 0 Å². The normalized spacial score (nSPS) is 21.0. The van der Waals surface area contributed by atoms with Crippen LogP contribution in [0.4, 0.5) is 0 Å². The Balaban J connectivity index is 1.98. The van der Waals surface area contributed by atoms with Crippen molar-refractivity contribution in [1.82, 2.24) is 0 Å². The van der Waals surface area contributed by atoms with Gasteiger partial charge in [0.05, 0.1) is 12.0 Å². The van der Waals surface area contributed by atoms with E-state index in [1.807, 2.05) is 0 Å². The molecule has 1 heterocycles. The van der Waals surface area contributed by atoms with E-state index in [0.717, 1.165) is 25.7 Å². The van der Waals surface area contributed by atoms with Crippen molar-refractivity contribution < 1.29 is 14.6 Å². The molecule has 1 fully saturated rings. The van der Waals surface area contributed by atoms with Gasteiger partial charge in [-0.25, -0.2) is 0 Å². The molecule has 3 unspecified atom stereocenters. The summed E-state index contributed by atoms with van der Waals surface area (Å²) >= 11 is 0. The molecule has 0 bridgehead atoms. The second kappa shape index (κ2) is 14.6. The number of rotatable bonds is 17. The molecule has 1 N–H and O–H groups in total. The molecule has 3 atom stereocenters. The SMILES string of the molecule is CCCCCCCCCCCC(O)CC1OC(=O)C1CCCCCC. The van der Waals surface area contributed by atoms with Crippen LogP contribution in [0.5, 0.6) is 0 Å². The van der Waals surface area contributed by atoms with Gasteiger partial charge in [-0.3, -0.25) is 4.79 Å². The van der Waals surface area contributed by atoms with Crippen LogP contribution in [-0.2, 0) is 9.53 Å². The molecule has 0 aromatic rings. The Bertz CT molecular complexity index is 329. The minimum atomic E-state index is -0.305. The molecule has 0 aromatic heterocycles. The van der Waals surface area contributed by atoms with Gasteiger partial charge in [0.1, 0.15) is 6.10 Å². The Morgan fingerprint density at radius 3 is 1.92 bits per heavy atom. The van der Waals surface area contributed by atoms with E-state index in [2.05, 4.69) is 13.8 Å². The van der Waals surface area contributed by atoms with Crippen LogP contribution in [0.2, 0.25) is 0 Å². The molecular formula is C22H42O3. The van der Waals surface area contributed by atoms with Gasteiger partial charge in [-0.05, 0) is 12.8 Å². The third-order valence-electron chi connectivity index (χ3n) is 5.53. The van der Waals surface area contributed by atoms with E-state index in [1.54, 1.807) is 0 Å². The maximum atomic E-state index is 11.6. The van der Waals surface area contributed by atoms with Crippen LogP contribution in [0, 0.1) is 5.92 Å². The summed E-state index contributed by atoms with van der Waals surface area (Å²) in [5.74, 6) is 0.00592. The topological polar surface area (TPSA) is 46.5 Å². The first kappa shape index (κ1) is 22.5. The maximum Gasteiger partial charge on any atom is 0.313 e. The molecule has 0 saturated carbocycles. The van der Waals surface area contributed by atoms with Crippen molar-refractivity contribution in [2.24, 2.45) is 5.92 Å². The van der Waals surface area contributed by atoms with Gasteiger partial charge in [-0.1, -0.05) is 97.3 Å². The Hall–Kier alpha value is -0.570. The van der Waals surface area contributed by atoms with Gasteiger partial charge >= 0.3 is 5.97 Å². The first-order valence-electron chi connectivity index (χ1n) is 11.1. The molecule has 0 spiro atoms. The molecule has 148 valence electrons. The van der Waals surface area contributed by atoms with Gasteiger partial charge in [-0.15, -0.1) is 0 Å². The number of cyclic esters (lactones) is 1. The van der Waals surface area contributed by atoms with E-state index < -0.39 is 0 Å². The quantitative estimate of drug-likeness (QED) is 0.251. The van der Waals surface area contributed by atoms with Gasteiger partial charge in [0, 0.05) is 6.42 Å². The zero-order valence-electron chi connectivity index (χ0n) is 16.8. The van der Waals surface area contributed by atoms with Gasteiger partial charge in [0.2, 0.25) is 0 Å². The Labute approximate surface area is 155 Å². The number of hydrogen-bond acceptors (Lipinski definition) is 3. The molecule has 25 heavy (non-hydrogen) atoms. The number of unbranched alkanes of at least 4 members (excludes halogenated alkanes) is 11. The fourth-order valence-electron chi connectivity index (χ4n) is 3.78. The molecule has 0 amide bonds. The summed E-state index contributed by atoms with van der Waals surface area (Å²) in [6.07, 6.45) is 18.6. The predicted octanol–water partition coefficient (Wildman–Crippen LogP) is 6.17. The third kappa shape index (κ3) is 10.2. The van der Waals surface area contributed by atoms with E-state index in [9.17, 15) is 9.90 Å². The van der Waals surface area contributed by atoms with Crippen molar-refractivity contribution in [3.05, 3.63) is 0 Å². The highest BCUT2D eigenvalue weighted by molar-refractivity contribution is 5.78. The van der Waals surface area contributed by atoms with E-state index in [4.69, 9.17) is 4.74 Å². The van der Waals surface area contributed by atoms with Crippen LogP contribution in [0.25, 0.3) is 0 Å². The summed E-state index contributed by atoms with van der Waals surface area (Å²) in [5, 5.41) is 10.2. The third-order valence-corrected chi connectivity index (χ3v) is 5.53. The van der Waals surface area contributed by atoms with Gasteiger partial charge in [-0.2, -0.15) is 0 Å². The van der Waals surface area contributed by atoms with Crippen molar-refractivity contribution in [3.63, 3.8) is 0 Å². The summed E-state index contributed by atoms with van der Waals surface area (Å²) in [4.78, 5) is 11.6. The zero-order valence-corrected chi connectivity index (χ0v) is 16.8. The van der Waals surface area contributed by atoms with Crippen molar-refractivity contribution in [3.8, 4) is 0 Å². The van der Waals surface area contributed by atoms with Gasteiger partial charge in [0.25, 0.3) is 0 Å². The highest BCUT2D eigenvalue weighted by Gasteiger charge is 2.42. The lowest BCUT2D eigenvalue weighted by Crippen LogP contribution is -2.46. The van der Waals surface area contributed by atoms with Crippen LogP contribution in [0.1, 0.15) is 117 Å². The molecule has 3 nitrogen and oxygen atoms in total. The Morgan fingerprint density at radius 2 is 1.36 bits per heavy atom. The summed E-state index contributed by atoms with van der Waals surface area (Å²) in [6.45, 7) is 4.45. The van der Waals surface area contributed by atoms with E-state index in [1.165, 1.54) is 70.6 Å². The van der Waals surface area contributed by atoms with Crippen LogP contribution in [-0.4, -0.2) is 23.3 Å². The fourth-order valence-corrected chi connectivity index (χ4v) is 3.78. The first-order chi connectivity index (χ1) is 12.2. The lowest BCUT2D eigenvalue weighted by Gasteiger charge is -2.36. The first-order valence-corrected chi connectivity index (χ1v) is 11.1. The van der Waals surface area contributed by atoms with Crippen LogP contribution in [0.3, 0.4) is 0 Å². The Morgan fingerprint density at radius 1 is 0.840 bits per heavy atom. The lowest BCUT2D eigenvalue weighted by atomic mass is 9.86. The number of ether oxygens (including phenoxy) is 1. The lowest BCUT2D eigenvalue weighted by molar-refractivity contribution is -0.188. The molecule has 1 rings (SSSR count). The van der Waals surface area contributed by atoms with E-state index in [-0.39, 0.29) is 24.1 Å². The van der Waals surface area contributed by atoms with Gasteiger partial charge in [0.15, 0.2) is 0 Å². The number of carbonyl (C=O) groups excluding carboxylic acids is 1. The van der Waals surface area contributed by atoms with Crippen molar-refractivity contribution in [1.29, 1.82) is 0 Å². The maximum absolute atomic E-state index is 11.6. The van der Waals surface area contributed by atoms with Crippen molar-refractivity contribution in [2.45, 2.75) is 129 Å². The van der Waals surface area contributed by atoms with E-state index in [0.29, 0.717) is 6.42 Å². The summed E-state index contributed by atoms with van der Waals surface area (Å²) < 4.78 is 5.27. The van der Waals surface area contributed by atoms with Crippen molar-refractivity contribution in [2.75, 3.05) is 0 Å². The molecule has 1 aliphatic rings. The second-order valence-electron chi connectivity index (χ2n) is 7.94. The molecule has 1 saturated heterocycles.